The molecule has 2 heteroatoms. The Morgan fingerprint density at radius 2 is 2.27 bits per heavy atom. The van der Waals surface area contributed by atoms with E-state index in [2.05, 4.69) is 19.2 Å². The van der Waals surface area contributed by atoms with Gasteiger partial charge in [0.25, 0.3) is 0 Å². The fourth-order valence-corrected chi connectivity index (χ4v) is 1.95. The molecule has 0 aromatic carbocycles. The maximum absolute atomic E-state index is 10.7. The highest BCUT2D eigenvalue weighted by Gasteiger charge is 2.36. The number of carbonyl (C=O) groups excluding carboxylic acids is 1. The molecule has 64 valence electrons. The van der Waals surface area contributed by atoms with Crippen LogP contribution in [0.4, 0.5) is 0 Å². The van der Waals surface area contributed by atoms with Gasteiger partial charge in [0.2, 0.25) is 5.91 Å². The van der Waals surface area contributed by atoms with Gasteiger partial charge in [-0.05, 0) is 18.3 Å². The van der Waals surface area contributed by atoms with Crippen molar-refractivity contribution in [2.45, 2.75) is 39.7 Å². The SMILES string of the molecule is CCC1CC(C)C1NC(C)=O. The van der Waals surface area contributed by atoms with Crippen LogP contribution < -0.4 is 5.32 Å². The summed E-state index contributed by atoms with van der Waals surface area (Å²) < 4.78 is 0. The first-order valence-electron chi connectivity index (χ1n) is 4.42. The van der Waals surface area contributed by atoms with Crippen molar-refractivity contribution in [1.82, 2.24) is 5.32 Å². The van der Waals surface area contributed by atoms with Crippen LogP contribution in [0.5, 0.6) is 0 Å². The summed E-state index contributed by atoms with van der Waals surface area (Å²) in [6, 6.07) is 0.456. The molecular weight excluding hydrogens is 138 g/mol. The summed E-state index contributed by atoms with van der Waals surface area (Å²) in [5, 5.41) is 2.99. The van der Waals surface area contributed by atoms with Gasteiger partial charge in [-0.3, -0.25) is 4.79 Å². The summed E-state index contributed by atoms with van der Waals surface area (Å²) in [5.74, 6) is 1.53. The Bertz CT molecular complexity index is 156. The minimum Gasteiger partial charge on any atom is -0.353 e. The standard InChI is InChI=1S/C9H17NO/c1-4-8-5-6(2)9(8)10-7(3)11/h6,8-9H,4-5H2,1-3H3,(H,10,11). The van der Waals surface area contributed by atoms with Gasteiger partial charge >= 0.3 is 0 Å². The average molecular weight is 155 g/mol. The Hall–Kier alpha value is -0.530. The molecule has 1 amide bonds. The van der Waals surface area contributed by atoms with Gasteiger partial charge < -0.3 is 5.32 Å². The number of hydrogen-bond acceptors (Lipinski definition) is 1. The first kappa shape index (κ1) is 8.57. The van der Waals surface area contributed by atoms with Crippen molar-refractivity contribution in [3.05, 3.63) is 0 Å². The summed E-state index contributed by atoms with van der Waals surface area (Å²) in [5.41, 5.74) is 0. The van der Waals surface area contributed by atoms with Crippen LogP contribution in [0.2, 0.25) is 0 Å². The van der Waals surface area contributed by atoms with Crippen LogP contribution in [0.25, 0.3) is 0 Å². The Balaban J connectivity index is 2.36. The molecule has 1 N–H and O–H groups in total. The van der Waals surface area contributed by atoms with Crippen LogP contribution >= 0.6 is 0 Å². The van der Waals surface area contributed by atoms with Crippen LogP contribution in [-0.2, 0) is 4.79 Å². The highest BCUT2D eigenvalue weighted by Crippen LogP contribution is 2.35. The van der Waals surface area contributed by atoms with E-state index in [1.165, 1.54) is 12.8 Å². The average Bonchev–Trinajstić information content (AvgIpc) is 1.95. The van der Waals surface area contributed by atoms with Gasteiger partial charge in [-0.1, -0.05) is 20.3 Å². The molecule has 1 aliphatic rings. The van der Waals surface area contributed by atoms with Gasteiger partial charge in [0, 0.05) is 13.0 Å². The lowest BCUT2D eigenvalue weighted by Gasteiger charge is -2.42. The fraction of sp³-hybridized carbons (Fsp3) is 0.889. The maximum Gasteiger partial charge on any atom is 0.217 e. The van der Waals surface area contributed by atoms with Crippen LogP contribution in [-0.4, -0.2) is 11.9 Å². The second-order valence-electron chi connectivity index (χ2n) is 3.61. The largest absolute Gasteiger partial charge is 0.353 e. The van der Waals surface area contributed by atoms with E-state index in [9.17, 15) is 4.79 Å². The lowest BCUT2D eigenvalue weighted by Crippen LogP contribution is -2.51. The molecule has 1 saturated carbocycles. The molecule has 0 spiro atoms. The highest BCUT2D eigenvalue weighted by atomic mass is 16.1. The van der Waals surface area contributed by atoms with Gasteiger partial charge in [0.1, 0.15) is 0 Å². The lowest BCUT2D eigenvalue weighted by molar-refractivity contribution is -0.121. The van der Waals surface area contributed by atoms with Crippen LogP contribution in [0.3, 0.4) is 0 Å². The monoisotopic (exact) mass is 155 g/mol. The number of rotatable bonds is 2. The Morgan fingerprint density at radius 3 is 2.64 bits per heavy atom. The molecule has 0 heterocycles. The van der Waals surface area contributed by atoms with Crippen molar-refractivity contribution < 1.29 is 4.79 Å². The van der Waals surface area contributed by atoms with Crippen molar-refractivity contribution >= 4 is 5.91 Å². The van der Waals surface area contributed by atoms with Crippen molar-refractivity contribution in [2.24, 2.45) is 11.8 Å². The molecule has 1 rings (SSSR count). The van der Waals surface area contributed by atoms with Gasteiger partial charge in [-0.2, -0.15) is 0 Å². The van der Waals surface area contributed by atoms with Crippen LogP contribution in [0, 0.1) is 11.8 Å². The maximum atomic E-state index is 10.7. The predicted molar refractivity (Wildman–Crippen MR) is 45.2 cm³/mol. The highest BCUT2D eigenvalue weighted by molar-refractivity contribution is 5.73. The van der Waals surface area contributed by atoms with E-state index in [0.29, 0.717) is 12.0 Å². The normalized spacial score (nSPS) is 36.1. The summed E-state index contributed by atoms with van der Waals surface area (Å²) in [4.78, 5) is 10.7. The van der Waals surface area contributed by atoms with E-state index in [4.69, 9.17) is 0 Å². The third-order valence-corrected chi connectivity index (χ3v) is 2.69. The number of hydrogen-bond donors (Lipinski definition) is 1. The zero-order valence-electron chi connectivity index (χ0n) is 7.55. The Morgan fingerprint density at radius 1 is 1.64 bits per heavy atom. The van der Waals surface area contributed by atoms with Crippen molar-refractivity contribution in [1.29, 1.82) is 0 Å². The molecule has 0 aromatic rings. The second kappa shape index (κ2) is 3.24. The summed E-state index contributed by atoms with van der Waals surface area (Å²) >= 11 is 0. The van der Waals surface area contributed by atoms with E-state index in [1.54, 1.807) is 6.92 Å². The number of nitrogens with one attached hydrogen (secondary N) is 1. The quantitative estimate of drug-likeness (QED) is 0.644. The molecule has 0 aliphatic heterocycles. The zero-order chi connectivity index (χ0) is 8.43. The summed E-state index contributed by atoms with van der Waals surface area (Å²) in [7, 11) is 0. The fourth-order valence-electron chi connectivity index (χ4n) is 1.95. The molecule has 0 bridgehead atoms. The molecule has 0 radical (unpaired) electrons. The molecule has 3 atom stereocenters. The van der Waals surface area contributed by atoms with Crippen molar-refractivity contribution in [3.63, 3.8) is 0 Å². The minimum absolute atomic E-state index is 0.111. The molecule has 11 heavy (non-hydrogen) atoms. The molecule has 2 nitrogen and oxygen atoms in total. The van der Waals surface area contributed by atoms with Gasteiger partial charge in [0.05, 0.1) is 0 Å². The minimum atomic E-state index is 0.111. The van der Waals surface area contributed by atoms with Gasteiger partial charge in [0.15, 0.2) is 0 Å². The molecule has 0 aromatic heterocycles. The van der Waals surface area contributed by atoms with E-state index in [-0.39, 0.29) is 5.91 Å². The topological polar surface area (TPSA) is 29.1 Å². The first-order chi connectivity index (χ1) is 5.15. The second-order valence-corrected chi connectivity index (χ2v) is 3.61. The number of amides is 1. The molecule has 3 unspecified atom stereocenters. The first-order valence-corrected chi connectivity index (χ1v) is 4.42. The lowest BCUT2D eigenvalue weighted by atomic mass is 9.69. The summed E-state index contributed by atoms with van der Waals surface area (Å²) in [6.07, 6.45) is 2.47. The van der Waals surface area contributed by atoms with E-state index >= 15 is 0 Å². The predicted octanol–water partition coefficient (Wildman–Crippen LogP) is 1.56. The Kier molecular flexibility index (Phi) is 2.53. The van der Waals surface area contributed by atoms with E-state index in [1.807, 2.05) is 0 Å². The third kappa shape index (κ3) is 1.73. The smallest absolute Gasteiger partial charge is 0.217 e. The van der Waals surface area contributed by atoms with Gasteiger partial charge in [-0.15, -0.1) is 0 Å². The van der Waals surface area contributed by atoms with Crippen LogP contribution in [0.1, 0.15) is 33.6 Å². The van der Waals surface area contributed by atoms with Crippen LogP contribution in [0.15, 0.2) is 0 Å². The zero-order valence-corrected chi connectivity index (χ0v) is 7.55. The molecule has 1 aliphatic carbocycles. The van der Waals surface area contributed by atoms with Crippen molar-refractivity contribution in [3.8, 4) is 0 Å². The number of carbonyl (C=O) groups is 1. The van der Waals surface area contributed by atoms with Crippen molar-refractivity contribution in [2.75, 3.05) is 0 Å². The van der Waals surface area contributed by atoms with E-state index < -0.39 is 0 Å². The third-order valence-electron chi connectivity index (χ3n) is 2.69. The van der Waals surface area contributed by atoms with E-state index in [0.717, 1.165) is 5.92 Å². The summed E-state index contributed by atoms with van der Waals surface area (Å²) in [6.45, 7) is 5.98. The molecule has 0 saturated heterocycles. The molecule has 1 fully saturated rings. The van der Waals surface area contributed by atoms with Gasteiger partial charge in [-0.25, -0.2) is 0 Å². The molecular formula is C9H17NO. The Labute approximate surface area is 68.4 Å².